The summed E-state index contributed by atoms with van der Waals surface area (Å²) in [5.74, 6) is 1.06. The summed E-state index contributed by atoms with van der Waals surface area (Å²) in [6.07, 6.45) is 1.67. The molecule has 0 radical (unpaired) electrons. The van der Waals surface area contributed by atoms with Crippen molar-refractivity contribution >= 4 is 23.8 Å². The van der Waals surface area contributed by atoms with Crippen LogP contribution in [0.4, 0.5) is 4.79 Å². The highest BCUT2D eigenvalue weighted by Gasteiger charge is 2.24. The van der Waals surface area contributed by atoms with Gasteiger partial charge in [0.15, 0.2) is 0 Å². The third kappa shape index (κ3) is 9.41. The molecule has 6 heteroatoms. The van der Waals surface area contributed by atoms with E-state index in [4.69, 9.17) is 4.74 Å². The molecule has 0 rings (SSSR count). The Labute approximate surface area is 119 Å². The van der Waals surface area contributed by atoms with Gasteiger partial charge in [0.2, 0.25) is 0 Å². The maximum Gasteiger partial charge on any atom is 0.408 e. The molecule has 110 valence electrons. The SMILES string of the molecule is C=CCSCCC(NC(=O)OC(C)(C)C)C(=O)OC. The highest BCUT2D eigenvalue weighted by atomic mass is 32.2. The predicted octanol–water partition coefficient (Wildman–Crippen LogP) is 2.36. The van der Waals surface area contributed by atoms with Crippen LogP contribution in [0.5, 0.6) is 0 Å². The number of carbonyl (C=O) groups excluding carboxylic acids is 2. The summed E-state index contributed by atoms with van der Waals surface area (Å²) in [7, 11) is 1.29. The number of esters is 1. The van der Waals surface area contributed by atoms with E-state index in [1.54, 1.807) is 38.6 Å². The Morgan fingerprint density at radius 2 is 2.05 bits per heavy atom. The van der Waals surface area contributed by atoms with Crippen LogP contribution < -0.4 is 5.32 Å². The Kier molecular flexibility index (Phi) is 8.30. The fourth-order valence-electron chi connectivity index (χ4n) is 1.21. The maximum absolute atomic E-state index is 11.6. The normalized spacial score (nSPS) is 12.4. The summed E-state index contributed by atoms with van der Waals surface area (Å²) in [5, 5.41) is 2.53. The van der Waals surface area contributed by atoms with Crippen molar-refractivity contribution in [1.29, 1.82) is 0 Å². The van der Waals surface area contributed by atoms with Gasteiger partial charge in [-0.05, 0) is 32.9 Å². The summed E-state index contributed by atoms with van der Waals surface area (Å²) in [6, 6.07) is -0.683. The number of ether oxygens (including phenoxy) is 2. The van der Waals surface area contributed by atoms with Gasteiger partial charge in [0.1, 0.15) is 11.6 Å². The zero-order valence-corrected chi connectivity index (χ0v) is 12.8. The molecule has 0 bridgehead atoms. The number of carbonyl (C=O) groups is 2. The maximum atomic E-state index is 11.6. The number of thioether (sulfide) groups is 1. The molecule has 0 saturated heterocycles. The second-order valence-electron chi connectivity index (χ2n) is 4.87. The van der Waals surface area contributed by atoms with E-state index in [0.717, 1.165) is 11.5 Å². The molecule has 0 spiro atoms. The van der Waals surface area contributed by atoms with Crippen LogP contribution in [-0.2, 0) is 14.3 Å². The minimum atomic E-state index is -0.683. The summed E-state index contributed by atoms with van der Waals surface area (Å²) in [6.45, 7) is 8.91. The number of nitrogens with one attached hydrogen (secondary N) is 1. The van der Waals surface area contributed by atoms with Crippen LogP contribution in [0, 0.1) is 0 Å². The summed E-state index contributed by atoms with van der Waals surface area (Å²) in [5.41, 5.74) is -0.595. The van der Waals surface area contributed by atoms with Gasteiger partial charge in [-0.3, -0.25) is 0 Å². The second kappa shape index (κ2) is 8.85. The predicted molar refractivity (Wildman–Crippen MR) is 77.3 cm³/mol. The van der Waals surface area contributed by atoms with Crippen LogP contribution in [-0.4, -0.2) is 42.3 Å². The van der Waals surface area contributed by atoms with Gasteiger partial charge in [-0.1, -0.05) is 6.08 Å². The third-order valence-electron chi connectivity index (χ3n) is 1.96. The molecular weight excluding hydrogens is 266 g/mol. The van der Waals surface area contributed by atoms with Crippen molar-refractivity contribution in [2.24, 2.45) is 0 Å². The number of hydrogen-bond acceptors (Lipinski definition) is 5. The number of hydrogen-bond donors (Lipinski definition) is 1. The lowest BCUT2D eigenvalue weighted by molar-refractivity contribution is -0.143. The van der Waals surface area contributed by atoms with E-state index in [2.05, 4.69) is 16.6 Å². The molecule has 1 amide bonds. The quantitative estimate of drug-likeness (QED) is 0.443. The Hall–Kier alpha value is -1.17. The highest BCUT2D eigenvalue weighted by Crippen LogP contribution is 2.09. The van der Waals surface area contributed by atoms with Crippen LogP contribution in [0.15, 0.2) is 12.7 Å². The van der Waals surface area contributed by atoms with E-state index in [-0.39, 0.29) is 0 Å². The van der Waals surface area contributed by atoms with E-state index in [9.17, 15) is 9.59 Å². The first-order chi connectivity index (χ1) is 8.80. The molecule has 0 heterocycles. The molecular formula is C13H23NO4S. The summed E-state index contributed by atoms with van der Waals surface area (Å²) >= 11 is 1.63. The number of methoxy groups -OCH3 is 1. The van der Waals surface area contributed by atoms with Gasteiger partial charge < -0.3 is 14.8 Å². The molecule has 0 aromatic heterocycles. The van der Waals surface area contributed by atoms with Crippen molar-refractivity contribution in [2.45, 2.75) is 38.8 Å². The molecule has 0 aliphatic heterocycles. The van der Waals surface area contributed by atoms with E-state index >= 15 is 0 Å². The molecule has 0 aliphatic carbocycles. The average molecular weight is 289 g/mol. The van der Waals surface area contributed by atoms with Gasteiger partial charge in [-0.25, -0.2) is 9.59 Å². The molecule has 0 aromatic rings. The van der Waals surface area contributed by atoms with Crippen LogP contribution in [0.1, 0.15) is 27.2 Å². The van der Waals surface area contributed by atoms with Crippen molar-refractivity contribution in [1.82, 2.24) is 5.32 Å². The van der Waals surface area contributed by atoms with Crippen molar-refractivity contribution in [3.05, 3.63) is 12.7 Å². The second-order valence-corrected chi connectivity index (χ2v) is 6.02. The lowest BCUT2D eigenvalue weighted by atomic mass is 10.2. The van der Waals surface area contributed by atoms with Crippen molar-refractivity contribution in [2.75, 3.05) is 18.6 Å². The molecule has 1 atom stereocenters. The van der Waals surface area contributed by atoms with Crippen molar-refractivity contribution < 1.29 is 19.1 Å². The summed E-state index contributed by atoms with van der Waals surface area (Å²) < 4.78 is 9.77. The first-order valence-corrected chi connectivity index (χ1v) is 7.21. The van der Waals surface area contributed by atoms with Crippen LogP contribution in [0.2, 0.25) is 0 Å². The Balaban J connectivity index is 4.30. The van der Waals surface area contributed by atoms with Crippen LogP contribution in [0.3, 0.4) is 0 Å². The van der Waals surface area contributed by atoms with E-state index < -0.39 is 23.7 Å². The molecule has 0 fully saturated rings. The molecule has 0 aromatic carbocycles. The Morgan fingerprint density at radius 3 is 2.53 bits per heavy atom. The monoisotopic (exact) mass is 289 g/mol. The fraction of sp³-hybridized carbons (Fsp3) is 0.692. The largest absolute Gasteiger partial charge is 0.467 e. The Bertz CT molecular complexity index is 312. The topological polar surface area (TPSA) is 64.6 Å². The van der Waals surface area contributed by atoms with Gasteiger partial charge in [-0.2, -0.15) is 11.8 Å². The smallest absolute Gasteiger partial charge is 0.408 e. The van der Waals surface area contributed by atoms with E-state index in [0.29, 0.717) is 6.42 Å². The van der Waals surface area contributed by atoms with Gasteiger partial charge in [0, 0.05) is 5.75 Å². The van der Waals surface area contributed by atoms with Crippen molar-refractivity contribution in [3.8, 4) is 0 Å². The fourth-order valence-corrected chi connectivity index (χ4v) is 1.94. The molecule has 0 aliphatic rings. The van der Waals surface area contributed by atoms with E-state index in [1.165, 1.54) is 7.11 Å². The number of alkyl carbamates (subject to hydrolysis) is 1. The molecule has 1 unspecified atom stereocenters. The standard InChI is InChI=1S/C13H23NO4S/c1-6-8-19-9-7-10(11(15)17-5)14-12(16)18-13(2,3)4/h6,10H,1,7-9H2,2-5H3,(H,14,16). The molecule has 1 N–H and O–H groups in total. The molecule has 0 saturated carbocycles. The first-order valence-electron chi connectivity index (χ1n) is 6.06. The highest BCUT2D eigenvalue weighted by molar-refractivity contribution is 7.99. The lowest BCUT2D eigenvalue weighted by Crippen LogP contribution is -2.44. The van der Waals surface area contributed by atoms with Gasteiger partial charge in [-0.15, -0.1) is 6.58 Å². The number of amides is 1. The molecule has 5 nitrogen and oxygen atoms in total. The van der Waals surface area contributed by atoms with E-state index in [1.807, 2.05) is 0 Å². The average Bonchev–Trinajstić information content (AvgIpc) is 2.29. The first kappa shape index (κ1) is 17.8. The minimum Gasteiger partial charge on any atom is -0.467 e. The van der Waals surface area contributed by atoms with Crippen LogP contribution >= 0.6 is 11.8 Å². The number of rotatable bonds is 7. The third-order valence-corrected chi connectivity index (χ3v) is 2.96. The van der Waals surface area contributed by atoms with Gasteiger partial charge >= 0.3 is 12.1 Å². The zero-order chi connectivity index (χ0) is 14.9. The van der Waals surface area contributed by atoms with Crippen LogP contribution in [0.25, 0.3) is 0 Å². The van der Waals surface area contributed by atoms with Crippen molar-refractivity contribution in [3.63, 3.8) is 0 Å². The summed E-state index contributed by atoms with van der Waals surface area (Å²) in [4.78, 5) is 23.2. The zero-order valence-electron chi connectivity index (χ0n) is 12.0. The van der Waals surface area contributed by atoms with Gasteiger partial charge in [0.25, 0.3) is 0 Å². The van der Waals surface area contributed by atoms with Gasteiger partial charge in [0.05, 0.1) is 7.11 Å². The molecule has 19 heavy (non-hydrogen) atoms. The Morgan fingerprint density at radius 1 is 1.42 bits per heavy atom. The lowest BCUT2D eigenvalue weighted by Gasteiger charge is -2.22. The minimum absolute atomic E-state index is 0.468.